The predicted octanol–water partition coefficient (Wildman–Crippen LogP) is -2.78. The molecular weight excluding hydrogens is 488 g/mol. The van der Waals surface area contributed by atoms with Crippen LogP contribution in [0.25, 0.3) is 10.9 Å². The second-order valence-electron chi connectivity index (χ2n) is 8.54. The third-order valence-corrected chi connectivity index (χ3v) is 5.66. The lowest BCUT2D eigenvalue weighted by molar-refractivity contribution is -0.143. The number of aliphatic hydroxyl groups is 2. The number of hydrogen-bond donors (Lipinski definition) is 9. The summed E-state index contributed by atoms with van der Waals surface area (Å²) in [4.78, 5) is 63.7. The zero-order chi connectivity index (χ0) is 27.7. The van der Waals surface area contributed by atoms with Gasteiger partial charge in [0.2, 0.25) is 23.6 Å². The number of aromatic nitrogens is 1. The third kappa shape index (κ3) is 8.27. The summed E-state index contributed by atoms with van der Waals surface area (Å²) in [6, 6.07) is 1.56. The van der Waals surface area contributed by atoms with Crippen LogP contribution in [0.3, 0.4) is 0 Å². The smallest absolute Gasteiger partial charge is 0.326 e. The average molecular weight is 521 g/mol. The van der Waals surface area contributed by atoms with Crippen molar-refractivity contribution >= 4 is 40.5 Å². The number of amides is 4. The highest BCUT2D eigenvalue weighted by atomic mass is 16.4. The van der Waals surface area contributed by atoms with E-state index in [1.54, 1.807) is 12.3 Å². The maximum atomic E-state index is 13.1. The van der Waals surface area contributed by atoms with Crippen molar-refractivity contribution in [1.82, 2.24) is 20.9 Å². The quantitative estimate of drug-likeness (QED) is 0.125. The molecule has 0 bridgehead atoms. The first-order valence-electron chi connectivity index (χ1n) is 11.5. The van der Waals surface area contributed by atoms with Gasteiger partial charge in [0.25, 0.3) is 0 Å². The van der Waals surface area contributed by atoms with Crippen LogP contribution in [0.1, 0.15) is 25.3 Å². The van der Waals surface area contributed by atoms with E-state index < -0.39 is 66.5 Å². The fourth-order valence-corrected chi connectivity index (χ4v) is 3.50. The molecule has 0 aliphatic rings. The number of carbonyl (C=O) groups is 5. The van der Waals surface area contributed by atoms with Gasteiger partial charge >= 0.3 is 5.97 Å². The number of carboxylic acid groups (broad SMARTS) is 1. The summed E-state index contributed by atoms with van der Waals surface area (Å²) >= 11 is 0. The van der Waals surface area contributed by atoms with E-state index in [1.165, 1.54) is 6.92 Å². The van der Waals surface area contributed by atoms with E-state index >= 15 is 0 Å². The Balaban J connectivity index is 2.21. The lowest BCUT2D eigenvalue weighted by Crippen LogP contribution is -2.59. The summed E-state index contributed by atoms with van der Waals surface area (Å²) in [5.74, 6) is -4.91. The van der Waals surface area contributed by atoms with Crippen molar-refractivity contribution in [1.29, 1.82) is 0 Å². The average Bonchev–Trinajstić information content (AvgIpc) is 3.26. The van der Waals surface area contributed by atoms with Gasteiger partial charge in [-0.2, -0.15) is 0 Å². The highest BCUT2D eigenvalue weighted by Gasteiger charge is 2.31. The van der Waals surface area contributed by atoms with Crippen LogP contribution in [0, 0.1) is 0 Å². The van der Waals surface area contributed by atoms with Gasteiger partial charge in [0.15, 0.2) is 0 Å². The normalized spacial score (nSPS) is 15.1. The van der Waals surface area contributed by atoms with Crippen molar-refractivity contribution in [2.75, 3.05) is 6.61 Å². The van der Waals surface area contributed by atoms with Crippen molar-refractivity contribution in [3.05, 3.63) is 36.0 Å². The Bertz CT molecular complexity index is 1130. The largest absolute Gasteiger partial charge is 0.480 e. The summed E-state index contributed by atoms with van der Waals surface area (Å²) < 4.78 is 0. The molecule has 0 aliphatic carbocycles. The van der Waals surface area contributed by atoms with Crippen LogP contribution in [0.4, 0.5) is 0 Å². The minimum Gasteiger partial charge on any atom is -0.480 e. The zero-order valence-electron chi connectivity index (χ0n) is 20.1. The van der Waals surface area contributed by atoms with Gasteiger partial charge in [0.05, 0.1) is 12.7 Å². The fourth-order valence-electron chi connectivity index (χ4n) is 3.50. The number of aliphatic carboxylic acids is 1. The topological polar surface area (TPSA) is 250 Å². The molecule has 37 heavy (non-hydrogen) atoms. The van der Waals surface area contributed by atoms with Gasteiger partial charge < -0.3 is 47.7 Å². The summed E-state index contributed by atoms with van der Waals surface area (Å²) in [7, 11) is 0. The molecule has 0 aliphatic heterocycles. The maximum absolute atomic E-state index is 13.1. The Hall–Kier alpha value is -4.01. The highest BCUT2D eigenvalue weighted by molar-refractivity contribution is 5.95. The minimum absolute atomic E-state index is 0.0375. The Labute approximate surface area is 211 Å². The van der Waals surface area contributed by atoms with Crippen LogP contribution in [0.2, 0.25) is 0 Å². The van der Waals surface area contributed by atoms with E-state index in [1.807, 2.05) is 18.2 Å². The van der Waals surface area contributed by atoms with Crippen LogP contribution in [-0.2, 0) is 30.4 Å². The number of nitrogens with two attached hydrogens (primary N) is 2. The molecule has 0 spiro atoms. The van der Waals surface area contributed by atoms with Gasteiger partial charge in [-0.3, -0.25) is 19.2 Å². The molecule has 1 aromatic carbocycles. The van der Waals surface area contributed by atoms with Crippen molar-refractivity contribution in [2.24, 2.45) is 11.5 Å². The molecule has 0 fully saturated rings. The van der Waals surface area contributed by atoms with E-state index in [9.17, 15) is 39.3 Å². The molecule has 5 atom stereocenters. The molecule has 0 radical (unpaired) electrons. The Morgan fingerprint density at radius 3 is 2.16 bits per heavy atom. The molecule has 11 N–H and O–H groups in total. The SMILES string of the molecule is CC(O)C(N)C(=O)NC(Cc1c[nH]c2ccccc12)C(=O)NC(CO)C(=O)NC(CCC(N)=O)C(=O)O. The first kappa shape index (κ1) is 29.2. The first-order chi connectivity index (χ1) is 17.4. The molecule has 0 saturated heterocycles. The number of para-hydroxylation sites is 1. The number of fused-ring (bicyclic) bond motifs is 1. The number of hydrogen-bond acceptors (Lipinski definition) is 8. The standard InChI is InChI=1S/C23H32N6O8/c1-11(31)19(25)22(35)28-16(8-12-9-26-14-5-3-2-4-13(12)14)20(33)29-17(10-30)21(34)27-15(23(36)37)6-7-18(24)32/h2-5,9,11,15-17,19,26,30-31H,6-8,10,25H2,1H3,(H2,24,32)(H,27,34)(H,28,35)(H,29,33)(H,36,37). The van der Waals surface area contributed by atoms with Crippen LogP contribution in [-0.4, -0.2) is 86.8 Å². The second kappa shape index (κ2) is 13.3. The molecule has 1 aromatic heterocycles. The van der Waals surface area contributed by atoms with Gasteiger partial charge in [-0.05, 0) is 25.0 Å². The van der Waals surface area contributed by atoms with Gasteiger partial charge in [-0.15, -0.1) is 0 Å². The molecule has 1 heterocycles. The van der Waals surface area contributed by atoms with Crippen LogP contribution >= 0.6 is 0 Å². The molecule has 5 unspecified atom stereocenters. The van der Waals surface area contributed by atoms with Crippen LogP contribution in [0.5, 0.6) is 0 Å². The highest BCUT2D eigenvalue weighted by Crippen LogP contribution is 2.19. The number of H-pyrrole nitrogens is 1. The van der Waals surface area contributed by atoms with Crippen molar-refractivity contribution in [2.45, 2.75) is 56.5 Å². The molecular formula is C23H32N6O8. The van der Waals surface area contributed by atoms with Crippen LogP contribution in [0.15, 0.2) is 30.5 Å². The van der Waals surface area contributed by atoms with E-state index in [2.05, 4.69) is 20.9 Å². The zero-order valence-corrected chi connectivity index (χ0v) is 20.1. The number of rotatable bonds is 14. The van der Waals surface area contributed by atoms with E-state index in [-0.39, 0.29) is 19.3 Å². The maximum Gasteiger partial charge on any atom is 0.326 e. The van der Waals surface area contributed by atoms with E-state index in [4.69, 9.17) is 11.5 Å². The van der Waals surface area contributed by atoms with Crippen LogP contribution < -0.4 is 27.4 Å². The van der Waals surface area contributed by atoms with E-state index in [0.717, 1.165) is 10.9 Å². The molecule has 2 rings (SSSR count). The minimum atomic E-state index is -1.57. The number of primary amides is 1. The molecule has 14 nitrogen and oxygen atoms in total. The monoisotopic (exact) mass is 520 g/mol. The number of benzene rings is 1. The Morgan fingerprint density at radius 2 is 1.57 bits per heavy atom. The summed E-state index contributed by atoms with van der Waals surface area (Å²) in [6.07, 6.45) is -0.196. The van der Waals surface area contributed by atoms with Crippen molar-refractivity contribution in [3.63, 3.8) is 0 Å². The van der Waals surface area contributed by atoms with Gasteiger partial charge in [0, 0.05) is 29.9 Å². The molecule has 4 amide bonds. The number of carbonyl (C=O) groups excluding carboxylic acids is 4. The molecule has 0 saturated carbocycles. The number of carboxylic acids is 1. The van der Waals surface area contributed by atoms with Gasteiger partial charge in [-0.25, -0.2) is 4.79 Å². The van der Waals surface area contributed by atoms with Crippen molar-refractivity contribution < 1.29 is 39.3 Å². The predicted molar refractivity (Wildman–Crippen MR) is 131 cm³/mol. The second-order valence-corrected chi connectivity index (χ2v) is 8.54. The number of nitrogens with one attached hydrogen (secondary N) is 4. The number of aromatic amines is 1. The Morgan fingerprint density at radius 1 is 0.973 bits per heavy atom. The molecule has 202 valence electrons. The lowest BCUT2D eigenvalue weighted by Gasteiger charge is -2.24. The van der Waals surface area contributed by atoms with E-state index in [0.29, 0.717) is 5.56 Å². The fraction of sp³-hybridized carbons (Fsp3) is 0.435. The van der Waals surface area contributed by atoms with Gasteiger partial charge in [-0.1, -0.05) is 18.2 Å². The lowest BCUT2D eigenvalue weighted by atomic mass is 10.0. The van der Waals surface area contributed by atoms with Gasteiger partial charge in [0.1, 0.15) is 24.2 Å². The summed E-state index contributed by atoms with van der Waals surface area (Å²) in [5.41, 5.74) is 12.2. The summed E-state index contributed by atoms with van der Waals surface area (Å²) in [6.45, 7) is 0.420. The molecule has 14 heteroatoms. The summed E-state index contributed by atoms with van der Waals surface area (Å²) in [5, 5.41) is 36.3. The molecule has 2 aromatic rings. The number of aliphatic hydroxyl groups excluding tert-OH is 2. The van der Waals surface area contributed by atoms with Crippen molar-refractivity contribution in [3.8, 4) is 0 Å². The first-order valence-corrected chi connectivity index (χ1v) is 11.5. The third-order valence-electron chi connectivity index (χ3n) is 5.66. The Kier molecular flexibility index (Phi) is 10.5.